The van der Waals surface area contributed by atoms with E-state index in [-0.39, 0.29) is 0 Å². The lowest BCUT2D eigenvalue weighted by Gasteiger charge is -1.97. The van der Waals surface area contributed by atoms with Gasteiger partial charge in [-0.1, -0.05) is 0 Å². The van der Waals surface area contributed by atoms with Gasteiger partial charge < -0.3 is 0 Å². The minimum Gasteiger partial charge on any atom is -0.264 e. The van der Waals surface area contributed by atoms with Gasteiger partial charge in [0.15, 0.2) is 5.65 Å². The summed E-state index contributed by atoms with van der Waals surface area (Å²) in [5.41, 5.74) is 3.71. The van der Waals surface area contributed by atoms with Crippen molar-refractivity contribution < 1.29 is 0 Å². The Morgan fingerprint density at radius 3 is 2.90 bits per heavy atom. The van der Waals surface area contributed by atoms with Crippen LogP contribution in [0.25, 0.3) is 32.2 Å². The number of thiazole rings is 1. The van der Waals surface area contributed by atoms with Crippen LogP contribution in [0.4, 0.5) is 0 Å². The van der Waals surface area contributed by atoms with Crippen LogP contribution in [0.15, 0.2) is 42.9 Å². The summed E-state index contributed by atoms with van der Waals surface area (Å²) in [7, 11) is 0. The first kappa shape index (κ1) is 12.2. The van der Waals surface area contributed by atoms with Crippen molar-refractivity contribution in [2.24, 2.45) is 0 Å². The second-order valence-corrected chi connectivity index (χ2v) is 5.68. The van der Waals surface area contributed by atoms with E-state index in [4.69, 9.17) is 0 Å². The van der Waals surface area contributed by atoms with Crippen molar-refractivity contribution in [2.75, 3.05) is 0 Å². The molecule has 4 aromatic heterocycles. The maximum atomic E-state index is 4.64. The fourth-order valence-electron chi connectivity index (χ4n) is 2.20. The van der Waals surface area contributed by atoms with Crippen molar-refractivity contribution in [1.82, 2.24) is 25.1 Å². The minimum atomic E-state index is 0.795. The van der Waals surface area contributed by atoms with Crippen molar-refractivity contribution in [3.8, 4) is 21.1 Å². The molecule has 0 radical (unpaired) electrons. The number of rotatable bonds is 2. The van der Waals surface area contributed by atoms with Gasteiger partial charge in [0.25, 0.3) is 0 Å². The third kappa shape index (κ3) is 2.09. The molecule has 0 aliphatic rings. The van der Waals surface area contributed by atoms with Crippen LogP contribution < -0.4 is 0 Å². The third-order valence-electron chi connectivity index (χ3n) is 3.24. The van der Waals surface area contributed by atoms with Crippen LogP contribution in [-0.2, 0) is 0 Å². The first-order valence-electron chi connectivity index (χ1n) is 6.49. The van der Waals surface area contributed by atoms with Crippen LogP contribution in [-0.4, -0.2) is 25.1 Å². The van der Waals surface area contributed by atoms with Crippen molar-refractivity contribution in [3.05, 3.63) is 48.5 Å². The lowest BCUT2D eigenvalue weighted by molar-refractivity contribution is 1.10. The topological polar surface area (TPSA) is 67.3 Å². The van der Waals surface area contributed by atoms with Crippen molar-refractivity contribution >= 4 is 22.4 Å². The zero-order chi connectivity index (χ0) is 14.2. The van der Waals surface area contributed by atoms with E-state index < -0.39 is 0 Å². The van der Waals surface area contributed by atoms with Crippen LogP contribution in [0, 0.1) is 6.92 Å². The molecule has 4 rings (SSSR count). The third-order valence-corrected chi connectivity index (χ3v) is 4.47. The highest BCUT2D eigenvalue weighted by Crippen LogP contribution is 2.34. The van der Waals surface area contributed by atoms with Crippen LogP contribution in [0.2, 0.25) is 0 Å². The first-order valence-corrected chi connectivity index (χ1v) is 7.31. The number of aromatic amines is 1. The monoisotopic (exact) mass is 293 g/mol. The average molecular weight is 293 g/mol. The van der Waals surface area contributed by atoms with Gasteiger partial charge in [-0.05, 0) is 31.2 Å². The number of aryl methyl sites for hydroxylation is 1. The van der Waals surface area contributed by atoms with E-state index in [1.54, 1.807) is 23.7 Å². The van der Waals surface area contributed by atoms with Gasteiger partial charge in [0.05, 0.1) is 22.5 Å². The molecule has 0 bridgehead atoms. The van der Waals surface area contributed by atoms with E-state index in [2.05, 4.69) is 25.1 Å². The van der Waals surface area contributed by atoms with Crippen molar-refractivity contribution in [2.45, 2.75) is 6.92 Å². The van der Waals surface area contributed by atoms with Gasteiger partial charge in [0.1, 0.15) is 5.01 Å². The Hall–Kier alpha value is -2.60. The first-order chi connectivity index (χ1) is 10.3. The summed E-state index contributed by atoms with van der Waals surface area (Å²) in [6.45, 7) is 2.00. The number of fused-ring (bicyclic) bond motifs is 1. The summed E-state index contributed by atoms with van der Waals surface area (Å²) >= 11 is 1.63. The van der Waals surface area contributed by atoms with Gasteiger partial charge in [0, 0.05) is 23.3 Å². The molecule has 0 saturated heterocycles. The number of nitrogens with zero attached hydrogens (tertiary/aromatic N) is 4. The summed E-state index contributed by atoms with van der Waals surface area (Å²) < 4.78 is 0. The molecule has 21 heavy (non-hydrogen) atoms. The molecule has 5 nitrogen and oxygen atoms in total. The predicted molar refractivity (Wildman–Crippen MR) is 83.0 cm³/mol. The molecular formula is C15H11N5S. The van der Waals surface area contributed by atoms with Gasteiger partial charge in [-0.3, -0.25) is 10.1 Å². The summed E-state index contributed by atoms with van der Waals surface area (Å²) in [6, 6.07) is 7.96. The van der Waals surface area contributed by atoms with Crippen LogP contribution in [0.5, 0.6) is 0 Å². The molecule has 0 fully saturated rings. The molecule has 0 aliphatic heterocycles. The summed E-state index contributed by atoms with van der Waals surface area (Å²) in [4.78, 5) is 14.5. The Morgan fingerprint density at radius 2 is 2.05 bits per heavy atom. The molecule has 4 heterocycles. The second-order valence-electron chi connectivity index (χ2n) is 4.68. The fourth-order valence-corrected chi connectivity index (χ4v) is 3.23. The average Bonchev–Trinajstić information content (AvgIpc) is 3.13. The number of hydrogen-bond donors (Lipinski definition) is 1. The number of pyridine rings is 2. The molecule has 102 valence electrons. The number of H-pyrrole nitrogens is 1. The van der Waals surface area contributed by atoms with E-state index in [1.165, 1.54) is 0 Å². The maximum Gasteiger partial charge on any atom is 0.155 e. The molecule has 0 atom stereocenters. The Labute approximate surface area is 124 Å². The van der Waals surface area contributed by atoms with Crippen LogP contribution >= 0.6 is 11.3 Å². The Kier molecular flexibility index (Phi) is 2.75. The Balaban J connectivity index is 1.83. The van der Waals surface area contributed by atoms with Gasteiger partial charge in [0.2, 0.25) is 0 Å². The van der Waals surface area contributed by atoms with Gasteiger partial charge in [-0.15, -0.1) is 11.3 Å². The van der Waals surface area contributed by atoms with E-state index in [9.17, 15) is 0 Å². The van der Waals surface area contributed by atoms with Crippen molar-refractivity contribution in [3.63, 3.8) is 0 Å². The van der Waals surface area contributed by atoms with E-state index in [0.717, 1.165) is 37.9 Å². The highest BCUT2D eigenvalue weighted by atomic mass is 32.1. The van der Waals surface area contributed by atoms with E-state index in [0.29, 0.717) is 0 Å². The molecule has 0 amide bonds. The van der Waals surface area contributed by atoms with E-state index in [1.807, 2.05) is 37.4 Å². The lowest BCUT2D eigenvalue weighted by atomic mass is 10.2. The van der Waals surface area contributed by atoms with Gasteiger partial charge in [-0.25, -0.2) is 9.97 Å². The summed E-state index contributed by atoms with van der Waals surface area (Å²) in [5.74, 6) is 0. The second kappa shape index (κ2) is 4.75. The normalized spacial score (nSPS) is 11.1. The summed E-state index contributed by atoms with van der Waals surface area (Å²) in [5, 5.41) is 8.87. The molecule has 0 spiro atoms. The van der Waals surface area contributed by atoms with Crippen LogP contribution in [0.3, 0.4) is 0 Å². The molecule has 0 aliphatic carbocycles. The fraction of sp³-hybridized carbons (Fsp3) is 0.0667. The zero-order valence-corrected chi connectivity index (χ0v) is 12.1. The molecule has 4 aromatic rings. The molecule has 1 N–H and O–H groups in total. The predicted octanol–water partition coefficient (Wildman–Crippen LogP) is 3.45. The lowest BCUT2D eigenvalue weighted by Crippen LogP contribution is -1.84. The number of aromatic nitrogens is 5. The molecule has 0 saturated carbocycles. The van der Waals surface area contributed by atoms with Crippen LogP contribution in [0.1, 0.15) is 5.69 Å². The van der Waals surface area contributed by atoms with Gasteiger partial charge >= 0.3 is 0 Å². The standard InChI is InChI=1S/C15H11N5S/c1-9-13(12-5-4-10-8-17-20-14(10)19-12)21-15(18-9)11-3-2-6-16-7-11/h2-8H,1H3,(H,17,19,20). The molecular weight excluding hydrogens is 282 g/mol. The SMILES string of the molecule is Cc1nc(-c2cccnc2)sc1-c1ccc2cn[nH]c2n1. The maximum absolute atomic E-state index is 4.64. The molecule has 6 heteroatoms. The smallest absolute Gasteiger partial charge is 0.155 e. The van der Waals surface area contributed by atoms with Gasteiger partial charge in [-0.2, -0.15) is 5.10 Å². The molecule has 0 aromatic carbocycles. The highest BCUT2D eigenvalue weighted by molar-refractivity contribution is 7.18. The quantitative estimate of drug-likeness (QED) is 0.614. The molecule has 0 unspecified atom stereocenters. The van der Waals surface area contributed by atoms with Crippen molar-refractivity contribution in [1.29, 1.82) is 0 Å². The Morgan fingerprint density at radius 1 is 1.10 bits per heavy atom. The summed E-state index contributed by atoms with van der Waals surface area (Å²) in [6.07, 6.45) is 5.36. The van der Waals surface area contributed by atoms with E-state index >= 15 is 0 Å². The zero-order valence-electron chi connectivity index (χ0n) is 11.2. The highest BCUT2D eigenvalue weighted by Gasteiger charge is 2.13. The number of nitrogens with one attached hydrogen (secondary N) is 1. The minimum absolute atomic E-state index is 0.795. The Bertz CT molecular complexity index is 910. The number of hydrogen-bond acceptors (Lipinski definition) is 5. The largest absolute Gasteiger partial charge is 0.264 e.